The van der Waals surface area contributed by atoms with Crippen LogP contribution in [-0.2, 0) is 9.59 Å². The highest BCUT2D eigenvalue weighted by Gasteiger charge is 2.23. The Morgan fingerprint density at radius 2 is 2.25 bits per heavy atom. The van der Waals surface area contributed by atoms with Crippen molar-refractivity contribution >= 4 is 28.3 Å². The number of benzene rings is 1. The third kappa shape index (κ3) is 2.46. The summed E-state index contributed by atoms with van der Waals surface area (Å²) in [6.45, 7) is 0.467. The van der Waals surface area contributed by atoms with E-state index in [2.05, 4.69) is 20.9 Å². The van der Waals surface area contributed by atoms with Crippen molar-refractivity contribution in [1.29, 1.82) is 0 Å². The minimum absolute atomic E-state index is 0.0923. The first-order valence-electron chi connectivity index (χ1n) is 6.38. The third-order valence-electron chi connectivity index (χ3n) is 3.27. The molecule has 1 saturated heterocycles. The van der Waals surface area contributed by atoms with Gasteiger partial charge in [0.05, 0.1) is 6.54 Å². The molecular formula is C14H14N4O2. The van der Waals surface area contributed by atoms with E-state index in [1.165, 1.54) is 0 Å². The number of rotatable bonds is 2. The van der Waals surface area contributed by atoms with Crippen LogP contribution in [0.5, 0.6) is 0 Å². The predicted octanol–water partition coefficient (Wildman–Crippen LogP) is 0.261. The molecule has 2 amide bonds. The first-order chi connectivity index (χ1) is 9.74. The van der Waals surface area contributed by atoms with E-state index in [4.69, 9.17) is 0 Å². The highest BCUT2D eigenvalue weighted by atomic mass is 16.2. The van der Waals surface area contributed by atoms with Crippen molar-refractivity contribution in [2.24, 2.45) is 0 Å². The molecule has 20 heavy (non-hydrogen) atoms. The minimum Gasteiger partial charge on any atom is -0.353 e. The molecule has 0 radical (unpaired) electrons. The molecule has 0 bridgehead atoms. The van der Waals surface area contributed by atoms with Gasteiger partial charge in [-0.1, -0.05) is 12.1 Å². The Bertz CT molecular complexity index is 656. The SMILES string of the molecule is O=C1CNC(C(=O)Nc2cccc3cnccc23)CN1. The highest BCUT2D eigenvalue weighted by molar-refractivity contribution is 6.04. The van der Waals surface area contributed by atoms with Crippen LogP contribution < -0.4 is 16.0 Å². The molecule has 0 spiro atoms. The maximum Gasteiger partial charge on any atom is 0.243 e. The molecular weight excluding hydrogens is 256 g/mol. The van der Waals surface area contributed by atoms with Gasteiger partial charge >= 0.3 is 0 Å². The molecule has 1 unspecified atom stereocenters. The number of nitrogens with zero attached hydrogens (tertiary/aromatic N) is 1. The lowest BCUT2D eigenvalue weighted by Gasteiger charge is -2.23. The van der Waals surface area contributed by atoms with Gasteiger partial charge in [-0.3, -0.25) is 19.9 Å². The Morgan fingerprint density at radius 1 is 1.35 bits per heavy atom. The van der Waals surface area contributed by atoms with Gasteiger partial charge in [-0.25, -0.2) is 0 Å². The predicted molar refractivity (Wildman–Crippen MR) is 75.2 cm³/mol. The lowest BCUT2D eigenvalue weighted by molar-refractivity contribution is -0.124. The van der Waals surface area contributed by atoms with Crippen LogP contribution in [0, 0.1) is 0 Å². The van der Waals surface area contributed by atoms with Gasteiger partial charge in [0, 0.05) is 35.4 Å². The number of aromatic nitrogens is 1. The standard InChI is InChI=1S/C14H14N4O2/c19-13-8-16-12(7-17-13)14(20)18-11-3-1-2-9-6-15-5-4-10(9)11/h1-6,12,16H,7-8H2,(H,17,19)(H,18,20). The molecule has 1 aliphatic rings. The van der Waals surface area contributed by atoms with E-state index in [1.54, 1.807) is 12.4 Å². The fourth-order valence-electron chi connectivity index (χ4n) is 2.20. The van der Waals surface area contributed by atoms with Crippen LogP contribution in [-0.4, -0.2) is 35.9 Å². The molecule has 2 aromatic rings. The Balaban J connectivity index is 1.79. The van der Waals surface area contributed by atoms with Crippen LogP contribution in [0.25, 0.3) is 10.8 Å². The van der Waals surface area contributed by atoms with Crippen molar-refractivity contribution in [1.82, 2.24) is 15.6 Å². The fraction of sp³-hybridized carbons (Fsp3) is 0.214. The van der Waals surface area contributed by atoms with E-state index < -0.39 is 6.04 Å². The van der Waals surface area contributed by atoms with Crippen molar-refractivity contribution in [3.05, 3.63) is 36.7 Å². The quantitative estimate of drug-likeness (QED) is 0.731. The molecule has 3 rings (SSSR count). The fourth-order valence-corrected chi connectivity index (χ4v) is 2.20. The van der Waals surface area contributed by atoms with Crippen molar-refractivity contribution in [3.8, 4) is 0 Å². The second-order valence-electron chi connectivity index (χ2n) is 4.63. The second kappa shape index (κ2) is 5.26. The Labute approximate surface area is 115 Å². The summed E-state index contributed by atoms with van der Waals surface area (Å²) in [4.78, 5) is 27.3. The number of anilines is 1. The third-order valence-corrected chi connectivity index (χ3v) is 3.27. The van der Waals surface area contributed by atoms with E-state index in [-0.39, 0.29) is 18.4 Å². The van der Waals surface area contributed by atoms with Crippen molar-refractivity contribution in [3.63, 3.8) is 0 Å². The summed E-state index contributed by atoms with van der Waals surface area (Å²) in [6.07, 6.45) is 3.45. The van der Waals surface area contributed by atoms with Crippen molar-refractivity contribution in [2.75, 3.05) is 18.4 Å². The maximum atomic E-state index is 12.2. The van der Waals surface area contributed by atoms with Gasteiger partial charge in [0.2, 0.25) is 11.8 Å². The van der Waals surface area contributed by atoms with Gasteiger partial charge in [0.25, 0.3) is 0 Å². The van der Waals surface area contributed by atoms with E-state index in [0.717, 1.165) is 16.5 Å². The normalized spacial score (nSPS) is 18.6. The van der Waals surface area contributed by atoms with Crippen LogP contribution in [0.3, 0.4) is 0 Å². The Morgan fingerprint density at radius 3 is 3.05 bits per heavy atom. The largest absolute Gasteiger partial charge is 0.353 e. The summed E-state index contributed by atoms with van der Waals surface area (Å²) in [5.41, 5.74) is 0.744. The van der Waals surface area contributed by atoms with Gasteiger partial charge in [0.15, 0.2) is 0 Å². The molecule has 1 aromatic heterocycles. The topological polar surface area (TPSA) is 83.1 Å². The van der Waals surface area contributed by atoms with E-state index >= 15 is 0 Å². The average Bonchev–Trinajstić information content (AvgIpc) is 2.48. The molecule has 1 atom stereocenters. The molecule has 1 fully saturated rings. The number of fused-ring (bicyclic) bond motifs is 1. The Kier molecular flexibility index (Phi) is 3.30. The number of carbonyl (C=O) groups excluding carboxylic acids is 2. The number of amides is 2. The van der Waals surface area contributed by atoms with Crippen molar-refractivity contribution in [2.45, 2.75) is 6.04 Å². The molecule has 1 aromatic carbocycles. The summed E-state index contributed by atoms with van der Waals surface area (Å²) in [7, 11) is 0. The second-order valence-corrected chi connectivity index (χ2v) is 4.63. The highest BCUT2D eigenvalue weighted by Crippen LogP contribution is 2.22. The van der Waals surface area contributed by atoms with Gasteiger partial charge in [-0.2, -0.15) is 0 Å². The van der Waals surface area contributed by atoms with Gasteiger partial charge in [-0.15, -0.1) is 0 Å². The first kappa shape index (κ1) is 12.6. The van der Waals surface area contributed by atoms with E-state index in [0.29, 0.717) is 6.54 Å². The summed E-state index contributed by atoms with van der Waals surface area (Å²) in [5, 5.41) is 10.4. The molecule has 102 valence electrons. The summed E-state index contributed by atoms with van der Waals surface area (Å²) in [5.74, 6) is -0.250. The van der Waals surface area contributed by atoms with Gasteiger partial charge in [0.1, 0.15) is 6.04 Å². The Hall–Kier alpha value is -2.47. The van der Waals surface area contributed by atoms with Crippen LogP contribution >= 0.6 is 0 Å². The zero-order valence-corrected chi connectivity index (χ0v) is 10.7. The van der Waals surface area contributed by atoms with Crippen LogP contribution in [0.4, 0.5) is 5.69 Å². The summed E-state index contributed by atoms with van der Waals surface area (Å²) >= 11 is 0. The monoisotopic (exact) mass is 270 g/mol. The average molecular weight is 270 g/mol. The van der Waals surface area contributed by atoms with E-state index in [1.807, 2.05) is 24.3 Å². The zero-order chi connectivity index (χ0) is 13.9. The summed E-state index contributed by atoms with van der Waals surface area (Å²) < 4.78 is 0. The number of hydrogen-bond acceptors (Lipinski definition) is 4. The molecule has 3 N–H and O–H groups in total. The first-order valence-corrected chi connectivity index (χ1v) is 6.38. The number of hydrogen-bond donors (Lipinski definition) is 3. The number of pyridine rings is 1. The summed E-state index contributed by atoms with van der Waals surface area (Å²) in [6, 6.07) is 7.11. The number of piperazine rings is 1. The number of carbonyl (C=O) groups is 2. The van der Waals surface area contributed by atoms with Gasteiger partial charge in [-0.05, 0) is 12.1 Å². The molecule has 1 aliphatic heterocycles. The molecule has 6 heteroatoms. The lowest BCUT2D eigenvalue weighted by atomic mass is 10.1. The van der Waals surface area contributed by atoms with Crippen LogP contribution in [0.2, 0.25) is 0 Å². The molecule has 2 heterocycles. The van der Waals surface area contributed by atoms with Crippen molar-refractivity contribution < 1.29 is 9.59 Å². The van der Waals surface area contributed by atoms with Gasteiger partial charge < -0.3 is 10.6 Å². The van der Waals surface area contributed by atoms with E-state index in [9.17, 15) is 9.59 Å². The molecule has 6 nitrogen and oxygen atoms in total. The molecule has 0 saturated carbocycles. The minimum atomic E-state index is -0.412. The maximum absolute atomic E-state index is 12.2. The smallest absolute Gasteiger partial charge is 0.243 e. The lowest BCUT2D eigenvalue weighted by Crippen LogP contribution is -2.56. The number of nitrogens with one attached hydrogen (secondary N) is 3. The zero-order valence-electron chi connectivity index (χ0n) is 10.7. The van der Waals surface area contributed by atoms with Crippen LogP contribution in [0.1, 0.15) is 0 Å². The molecule has 0 aliphatic carbocycles. The van der Waals surface area contributed by atoms with Crippen LogP contribution in [0.15, 0.2) is 36.7 Å².